The Morgan fingerprint density at radius 2 is 1.80 bits per heavy atom. The third-order valence-electron chi connectivity index (χ3n) is 4.25. The van der Waals surface area contributed by atoms with Crippen molar-refractivity contribution in [1.29, 1.82) is 0 Å². The summed E-state index contributed by atoms with van der Waals surface area (Å²) >= 11 is 0. The second-order valence-corrected chi connectivity index (χ2v) is 6.54. The molecule has 20 heavy (non-hydrogen) atoms. The van der Waals surface area contributed by atoms with Crippen LogP contribution in [0.25, 0.3) is 0 Å². The number of hydrogen-bond donors (Lipinski definition) is 2. The lowest BCUT2D eigenvalue weighted by Crippen LogP contribution is -2.67. The smallest absolute Gasteiger partial charge is 0.329 e. The first-order valence-corrected chi connectivity index (χ1v) is 7.25. The van der Waals surface area contributed by atoms with Gasteiger partial charge in [-0.05, 0) is 26.7 Å². The number of rotatable bonds is 4. The number of ether oxygens (including phenoxy) is 1. The van der Waals surface area contributed by atoms with Gasteiger partial charge in [-0.15, -0.1) is 0 Å². The number of hydrogen-bond acceptors (Lipinski definition) is 3. The maximum Gasteiger partial charge on any atom is 0.329 e. The summed E-state index contributed by atoms with van der Waals surface area (Å²) in [5.74, 6) is -0.983. The topological polar surface area (TPSA) is 78.9 Å². The second kappa shape index (κ2) is 5.60. The van der Waals surface area contributed by atoms with Gasteiger partial charge >= 0.3 is 12.0 Å². The van der Waals surface area contributed by atoms with Crippen molar-refractivity contribution in [3.8, 4) is 0 Å². The van der Waals surface area contributed by atoms with Crippen LogP contribution in [0.2, 0.25) is 0 Å². The molecule has 0 aromatic rings. The van der Waals surface area contributed by atoms with Gasteiger partial charge in [-0.25, -0.2) is 9.59 Å². The molecule has 0 unspecified atom stereocenters. The first kappa shape index (κ1) is 15.1. The lowest BCUT2D eigenvalue weighted by molar-refractivity contribution is -0.159. The van der Waals surface area contributed by atoms with E-state index in [1.807, 2.05) is 6.92 Å². The van der Waals surface area contributed by atoms with E-state index in [0.29, 0.717) is 13.1 Å². The minimum atomic E-state index is -0.983. The summed E-state index contributed by atoms with van der Waals surface area (Å²) in [6.45, 7) is 4.51. The lowest BCUT2D eigenvalue weighted by Gasteiger charge is -2.48. The summed E-state index contributed by atoms with van der Waals surface area (Å²) in [4.78, 5) is 24.3. The Morgan fingerprint density at radius 3 is 2.35 bits per heavy atom. The number of aliphatic carboxylic acids is 1. The minimum absolute atomic E-state index is 0.0641. The molecule has 114 valence electrons. The molecule has 1 saturated carbocycles. The van der Waals surface area contributed by atoms with E-state index in [4.69, 9.17) is 9.84 Å². The summed E-state index contributed by atoms with van der Waals surface area (Å²) < 4.78 is 5.30. The largest absolute Gasteiger partial charge is 0.480 e. The molecule has 1 heterocycles. The van der Waals surface area contributed by atoms with Gasteiger partial charge < -0.3 is 20.1 Å². The van der Waals surface area contributed by atoms with E-state index in [1.165, 1.54) is 6.42 Å². The van der Waals surface area contributed by atoms with Gasteiger partial charge in [0.05, 0.1) is 13.1 Å². The molecule has 0 bridgehead atoms. The molecule has 6 heteroatoms. The Hall–Kier alpha value is -1.30. The Labute approximate surface area is 119 Å². The molecule has 2 N–H and O–H groups in total. The predicted molar refractivity (Wildman–Crippen MR) is 73.6 cm³/mol. The zero-order valence-corrected chi connectivity index (χ0v) is 12.3. The van der Waals surface area contributed by atoms with Crippen molar-refractivity contribution in [1.82, 2.24) is 10.2 Å². The molecule has 1 saturated heterocycles. The summed E-state index contributed by atoms with van der Waals surface area (Å²) in [6, 6.07) is -0.0641. The van der Waals surface area contributed by atoms with Gasteiger partial charge in [-0.1, -0.05) is 19.3 Å². The van der Waals surface area contributed by atoms with Crippen LogP contribution >= 0.6 is 0 Å². The van der Waals surface area contributed by atoms with Gasteiger partial charge in [0, 0.05) is 5.54 Å². The number of carboxylic acids is 1. The highest BCUT2D eigenvalue weighted by Crippen LogP contribution is 2.29. The Morgan fingerprint density at radius 1 is 1.20 bits per heavy atom. The van der Waals surface area contributed by atoms with Gasteiger partial charge in [-0.3, -0.25) is 0 Å². The maximum atomic E-state index is 12.2. The van der Waals surface area contributed by atoms with E-state index in [9.17, 15) is 9.59 Å². The van der Waals surface area contributed by atoms with Crippen molar-refractivity contribution in [3.05, 3.63) is 0 Å². The number of nitrogens with one attached hydrogen (secondary N) is 1. The Bertz CT molecular complexity index is 385. The molecular formula is C14H24N2O4. The first-order chi connectivity index (χ1) is 9.32. The SMILES string of the molecule is CC1(NC(=O)N2CC(C)(OCC(=O)O)C2)CCCCC1. The summed E-state index contributed by atoms with van der Waals surface area (Å²) in [6.07, 6.45) is 5.63. The van der Waals surface area contributed by atoms with E-state index in [0.717, 1.165) is 25.7 Å². The monoisotopic (exact) mass is 284 g/mol. The van der Waals surface area contributed by atoms with Crippen LogP contribution in [0.5, 0.6) is 0 Å². The number of carbonyl (C=O) groups is 2. The fourth-order valence-corrected chi connectivity index (χ4v) is 3.03. The number of carboxylic acid groups (broad SMARTS) is 1. The second-order valence-electron chi connectivity index (χ2n) is 6.54. The van der Waals surface area contributed by atoms with Gasteiger partial charge in [0.15, 0.2) is 0 Å². The molecule has 6 nitrogen and oxygen atoms in total. The average molecular weight is 284 g/mol. The van der Waals surface area contributed by atoms with Crippen molar-refractivity contribution in [3.63, 3.8) is 0 Å². The first-order valence-electron chi connectivity index (χ1n) is 7.25. The molecule has 0 spiro atoms. The highest BCUT2D eigenvalue weighted by molar-refractivity contribution is 5.76. The van der Waals surface area contributed by atoms with E-state index >= 15 is 0 Å². The van der Waals surface area contributed by atoms with Crippen LogP contribution in [0, 0.1) is 0 Å². The van der Waals surface area contributed by atoms with Crippen molar-refractivity contribution >= 4 is 12.0 Å². The molecule has 2 aliphatic rings. The third-order valence-corrected chi connectivity index (χ3v) is 4.25. The number of nitrogens with zero attached hydrogens (tertiary/aromatic N) is 1. The van der Waals surface area contributed by atoms with Gasteiger partial charge in [0.25, 0.3) is 0 Å². The van der Waals surface area contributed by atoms with Crippen LogP contribution in [-0.2, 0) is 9.53 Å². The van der Waals surface area contributed by atoms with Gasteiger partial charge in [0.2, 0.25) is 0 Å². The minimum Gasteiger partial charge on any atom is -0.480 e. The molecule has 2 fully saturated rings. The number of likely N-dealkylation sites (tertiary alicyclic amines) is 1. The normalized spacial score (nSPS) is 23.8. The third kappa shape index (κ3) is 3.62. The molecule has 1 aliphatic carbocycles. The number of urea groups is 1. The van der Waals surface area contributed by atoms with E-state index < -0.39 is 11.6 Å². The molecule has 0 aromatic carbocycles. The fourth-order valence-electron chi connectivity index (χ4n) is 3.03. The highest BCUT2D eigenvalue weighted by Gasteiger charge is 2.44. The number of amides is 2. The molecule has 2 amide bonds. The molecule has 0 atom stereocenters. The molecule has 1 aliphatic heterocycles. The summed E-state index contributed by atoms with van der Waals surface area (Å²) in [5, 5.41) is 11.7. The van der Waals surface area contributed by atoms with Crippen LogP contribution in [0.15, 0.2) is 0 Å². The molecule has 0 aromatic heterocycles. The highest BCUT2D eigenvalue weighted by atomic mass is 16.5. The summed E-state index contributed by atoms with van der Waals surface area (Å²) in [7, 11) is 0. The van der Waals surface area contributed by atoms with Crippen LogP contribution in [0.3, 0.4) is 0 Å². The van der Waals surface area contributed by atoms with Crippen LogP contribution in [0.4, 0.5) is 4.79 Å². The zero-order chi connectivity index (χ0) is 14.8. The standard InChI is InChI=1S/C14H24N2O4/c1-13(6-4-3-5-7-13)15-12(19)16-9-14(2,10-16)20-8-11(17)18/h3-10H2,1-2H3,(H,15,19)(H,17,18). The zero-order valence-electron chi connectivity index (χ0n) is 12.3. The van der Waals surface area contributed by atoms with E-state index in [-0.39, 0.29) is 18.2 Å². The van der Waals surface area contributed by atoms with E-state index in [1.54, 1.807) is 4.90 Å². The van der Waals surface area contributed by atoms with Crippen molar-refractivity contribution in [2.75, 3.05) is 19.7 Å². The fraction of sp³-hybridized carbons (Fsp3) is 0.857. The molecular weight excluding hydrogens is 260 g/mol. The van der Waals surface area contributed by atoms with E-state index in [2.05, 4.69) is 12.2 Å². The van der Waals surface area contributed by atoms with Gasteiger partial charge in [0.1, 0.15) is 12.2 Å². The van der Waals surface area contributed by atoms with Gasteiger partial charge in [-0.2, -0.15) is 0 Å². The van der Waals surface area contributed by atoms with Crippen LogP contribution < -0.4 is 5.32 Å². The van der Waals surface area contributed by atoms with Crippen molar-refractivity contribution in [2.24, 2.45) is 0 Å². The summed E-state index contributed by atoms with van der Waals surface area (Å²) in [5.41, 5.74) is -0.619. The van der Waals surface area contributed by atoms with Crippen LogP contribution in [-0.4, -0.2) is 52.8 Å². The van der Waals surface area contributed by atoms with Crippen molar-refractivity contribution < 1.29 is 19.4 Å². The molecule has 2 rings (SSSR count). The maximum absolute atomic E-state index is 12.2. The van der Waals surface area contributed by atoms with Crippen LogP contribution in [0.1, 0.15) is 46.0 Å². The average Bonchev–Trinajstić information content (AvgIpc) is 2.33. The quantitative estimate of drug-likeness (QED) is 0.821. The molecule has 0 radical (unpaired) electrons. The predicted octanol–water partition coefficient (Wildman–Crippen LogP) is 1.59. The lowest BCUT2D eigenvalue weighted by atomic mass is 9.83. The number of carbonyl (C=O) groups excluding carboxylic acids is 1. The Balaban J connectivity index is 1.77. The Kier molecular flexibility index (Phi) is 4.22. The van der Waals surface area contributed by atoms with Crippen molar-refractivity contribution in [2.45, 2.75) is 57.1 Å².